The molecule has 1 aromatic rings. The fraction of sp³-hybridized carbons (Fsp3) is 0.762. The van der Waals surface area contributed by atoms with Gasteiger partial charge >= 0.3 is 0 Å². The maximum atomic E-state index is 12.7. The van der Waals surface area contributed by atoms with Gasteiger partial charge in [-0.05, 0) is 88.2 Å². The lowest BCUT2D eigenvalue weighted by atomic mass is 9.53. The van der Waals surface area contributed by atoms with Crippen LogP contribution in [0.25, 0.3) is 0 Å². The molecule has 0 unspecified atom stereocenters. The fourth-order valence-corrected chi connectivity index (χ4v) is 6.85. The molecule has 0 atom stereocenters. The average molecular weight is 388 g/mol. The van der Waals surface area contributed by atoms with Crippen molar-refractivity contribution in [3.05, 3.63) is 11.3 Å². The Morgan fingerprint density at radius 2 is 1.78 bits per heavy atom. The topological polar surface area (TPSA) is 64.1 Å². The van der Waals surface area contributed by atoms with Crippen LogP contribution >= 0.6 is 11.8 Å². The summed E-state index contributed by atoms with van der Waals surface area (Å²) in [6.45, 7) is 0.0685. The quantitative estimate of drug-likeness (QED) is 0.618. The normalized spacial score (nSPS) is 33.6. The Kier molecular flexibility index (Phi) is 4.57. The minimum Gasteiger partial charge on any atom is -0.467 e. The smallest absolute Gasteiger partial charge is 0.258 e. The standard InChI is InChI=1S/C21H29N3O2S/c1-27-20-22-17-5-3-2-4-16(17)19(23-20)26-12-18(25)24-21-9-13-6-14(10-21)8-15(7-13)11-21/h13-15H,2-12H2,1H3,(H,24,25). The first kappa shape index (κ1) is 17.8. The maximum absolute atomic E-state index is 12.7. The van der Waals surface area contributed by atoms with Crippen LogP contribution < -0.4 is 10.1 Å². The van der Waals surface area contributed by atoms with Crippen LogP contribution in [-0.2, 0) is 17.6 Å². The summed E-state index contributed by atoms with van der Waals surface area (Å²) in [7, 11) is 0. The van der Waals surface area contributed by atoms with E-state index in [1.54, 1.807) is 0 Å². The predicted octanol–water partition coefficient (Wildman–Crippen LogP) is 3.54. The molecule has 4 bridgehead atoms. The summed E-state index contributed by atoms with van der Waals surface area (Å²) in [5, 5.41) is 4.13. The Balaban J connectivity index is 1.26. The first-order valence-corrected chi connectivity index (χ1v) is 11.7. The molecule has 6 heteroatoms. The Hall–Kier alpha value is -1.30. The van der Waals surface area contributed by atoms with Crippen LogP contribution in [-0.4, -0.2) is 34.3 Å². The van der Waals surface area contributed by atoms with Crippen molar-refractivity contribution in [3.8, 4) is 5.88 Å². The third-order valence-electron chi connectivity index (χ3n) is 7.09. The third-order valence-corrected chi connectivity index (χ3v) is 7.64. The largest absolute Gasteiger partial charge is 0.467 e. The van der Waals surface area contributed by atoms with E-state index in [0.717, 1.165) is 53.4 Å². The van der Waals surface area contributed by atoms with E-state index in [-0.39, 0.29) is 18.1 Å². The maximum Gasteiger partial charge on any atom is 0.258 e. The Labute approximate surface area is 165 Å². The van der Waals surface area contributed by atoms with Crippen LogP contribution in [0.5, 0.6) is 5.88 Å². The van der Waals surface area contributed by atoms with Crippen LogP contribution in [0.1, 0.15) is 62.6 Å². The molecular formula is C21H29N3O2S. The van der Waals surface area contributed by atoms with Crippen molar-refractivity contribution in [3.63, 3.8) is 0 Å². The van der Waals surface area contributed by atoms with Gasteiger partial charge in [0.1, 0.15) is 0 Å². The van der Waals surface area contributed by atoms with Crippen LogP contribution in [0.15, 0.2) is 5.16 Å². The number of carbonyl (C=O) groups is 1. The summed E-state index contributed by atoms with van der Waals surface area (Å²) in [6, 6.07) is 0. The summed E-state index contributed by atoms with van der Waals surface area (Å²) in [6.07, 6.45) is 13.9. The van der Waals surface area contributed by atoms with Gasteiger partial charge in [0.15, 0.2) is 11.8 Å². The molecule has 27 heavy (non-hydrogen) atoms. The zero-order valence-electron chi connectivity index (χ0n) is 16.1. The SMILES string of the molecule is CSc1nc2c(c(OCC(=O)NC34CC5CC(CC(C5)C3)C4)n1)CCCC2. The molecule has 5 aliphatic carbocycles. The monoisotopic (exact) mass is 387 g/mol. The molecular weight excluding hydrogens is 358 g/mol. The highest BCUT2D eigenvalue weighted by Crippen LogP contribution is 2.55. The van der Waals surface area contributed by atoms with Gasteiger partial charge in [0.05, 0.1) is 5.69 Å². The van der Waals surface area contributed by atoms with Crippen LogP contribution in [0.2, 0.25) is 0 Å². The average Bonchev–Trinajstić information content (AvgIpc) is 2.64. The summed E-state index contributed by atoms with van der Waals surface area (Å²) in [4.78, 5) is 21.9. The molecule has 5 aliphatic rings. The lowest BCUT2D eigenvalue weighted by Crippen LogP contribution is -2.60. The van der Waals surface area contributed by atoms with Crippen LogP contribution in [0.4, 0.5) is 0 Å². The molecule has 0 saturated heterocycles. The molecule has 5 nitrogen and oxygen atoms in total. The first-order valence-electron chi connectivity index (χ1n) is 10.5. The summed E-state index contributed by atoms with van der Waals surface area (Å²) in [5.74, 6) is 3.14. The number of ether oxygens (including phenoxy) is 1. The molecule has 6 rings (SSSR count). The van der Waals surface area contributed by atoms with Crippen molar-refractivity contribution >= 4 is 17.7 Å². The zero-order chi connectivity index (χ0) is 18.4. The van der Waals surface area contributed by atoms with Crippen LogP contribution in [0.3, 0.4) is 0 Å². The number of aryl methyl sites for hydroxylation is 1. The molecule has 4 fully saturated rings. The number of amides is 1. The van der Waals surface area contributed by atoms with Crippen molar-refractivity contribution in [2.45, 2.75) is 74.9 Å². The van der Waals surface area contributed by atoms with E-state index in [4.69, 9.17) is 4.74 Å². The minimum absolute atomic E-state index is 0.0193. The molecule has 0 radical (unpaired) electrons. The molecule has 1 aromatic heterocycles. The number of thioether (sulfide) groups is 1. The second-order valence-electron chi connectivity index (χ2n) is 9.18. The van der Waals surface area contributed by atoms with E-state index in [0.29, 0.717) is 5.88 Å². The lowest BCUT2D eigenvalue weighted by molar-refractivity contribution is -0.129. The van der Waals surface area contributed by atoms with Gasteiger partial charge in [-0.15, -0.1) is 0 Å². The number of nitrogens with one attached hydrogen (secondary N) is 1. The number of carbonyl (C=O) groups excluding carboxylic acids is 1. The summed E-state index contributed by atoms with van der Waals surface area (Å²) in [5.41, 5.74) is 2.27. The lowest BCUT2D eigenvalue weighted by Gasteiger charge is -2.56. The van der Waals surface area contributed by atoms with E-state index in [1.165, 1.54) is 56.7 Å². The molecule has 4 saturated carbocycles. The van der Waals surface area contributed by atoms with E-state index in [2.05, 4.69) is 15.3 Å². The van der Waals surface area contributed by atoms with Gasteiger partial charge in [-0.3, -0.25) is 4.79 Å². The van der Waals surface area contributed by atoms with Gasteiger partial charge < -0.3 is 10.1 Å². The van der Waals surface area contributed by atoms with Gasteiger partial charge in [-0.1, -0.05) is 11.8 Å². The summed E-state index contributed by atoms with van der Waals surface area (Å²) < 4.78 is 5.95. The first-order chi connectivity index (χ1) is 13.1. The number of hydrogen-bond donors (Lipinski definition) is 1. The number of fused-ring (bicyclic) bond motifs is 1. The van der Waals surface area contributed by atoms with Crippen molar-refractivity contribution in [1.29, 1.82) is 0 Å². The van der Waals surface area contributed by atoms with E-state index >= 15 is 0 Å². The predicted molar refractivity (Wildman–Crippen MR) is 105 cm³/mol. The highest BCUT2D eigenvalue weighted by molar-refractivity contribution is 7.98. The molecule has 0 aromatic carbocycles. The zero-order valence-corrected chi connectivity index (χ0v) is 16.9. The number of aromatic nitrogens is 2. The van der Waals surface area contributed by atoms with E-state index in [9.17, 15) is 4.79 Å². The van der Waals surface area contributed by atoms with Gasteiger partial charge in [0.2, 0.25) is 5.88 Å². The highest BCUT2D eigenvalue weighted by Gasteiger charge is 2.51. The van der Waals surface area contributed by atoms with Crippen molar-refractivity contribution < 1.29 is 9.53 Å². The Morgan fingerprint density at radius 1 is 1.11 bits per heavy atom. The Bertz CT molecular complexity index is 716. The van der Waals surface area contributed by atoms with Gasteiger partial charge in [0.25, 0.3) is 5.91 Å². The summed E-state index contributed by atoms with van der Waals surface area (Å²) >= 11 is 1.53. The van der Waals surface area contributed by atoms with Gasteiger partial charge in [0, 0.05) is 11.1 Å². The molecule has 0 aliphatic heterocycles. The van der Waals surface area contributed by atoms with E-state index in [1.807, 2.05) is 6.26 Å². The molecule has 1 heterocycles. The molecule has 1 N–H and O–H groups in total. The van der Waals surface area contributed by atoms with Crippen molar-refractivity contribution in [2.75, 3.05) is 12.9 Å². The van der Waals surface area contributed by atoms with Gasteiger partial charge in [-0.25, -0.2) is 4.98 Å². The second-order valence-corrected chi connectivity index (χ2v) is 9.96. The third kappa shape index (κ3) is 3.45. The van der Waals surface area contributed by atoms with Gasteiger partial charge in [-0.2, -0.15) is 4.98 Å². The number of hydrogen-bond acceptors (Lipinski definition) is 5. The highest BCUT2D eigenvalue weighted by atomic mass is 32.2. The minimum atomic E-state index is 0.0193. The second kappa shape index (κ2) is 6.94. The fourth-order valence-electron chi connectivity index (χ4n) is 6.48. The molecule has 0 spiro atoms. The van der Waals surface area contributed by atoms with E-state index < -0.39 is 0 Å². The molecule has 146 valence electrons. The van der Waals surface area contributed by atoms with Crippen molar-refractivity contribution in [2.24, 2.45) is 17.8 Å². The van der Waals surface area contributed by atoms with Crippen LogP contribution in [0, 0.1) is 17.8 Å². The number of rotatable bonds is 5. The molecule has 1 amide bonds. The Morgan fingerprint density at radius 3 is 2.44 bits per heavy atom. The number of nitrogens with zero attached hydrogens (tertiary/aromatic N) is 2. The van der Waals surface area contributed by atoms with Crippen molar-refractivity contribution in [1.82, 2.24) is 15.3 Å².